The van der Waals surface area contributed by atoms with E-state index in [-0.39, 0.29) is 6.03 Å². The van der Waals surface area contributed by atoms with Gasteiger partial charge in [-0.25, -0.2) is 9.59 Å². The van der Waals surface area contributed by atoms with E-state index in [0.717, 1.165) is 32.5 Å². The number of hydrogen-bond acceptors (Lipinski definition) is 3. The number of piperazine rings is 1. The maximum Gasteiger partial charge on any atom is 0.326 e. The highest BCUT2D eigenvalue weighted by Gasteiger charge is 2.24. The number of nitrogens with one attached hydrogen (secondary N) is 1. The standard InChI is InChI=1S/C13H25N3O3/c1-3-5-6-11(12(17)18)14-13(19)16-9-7-15(4-2)8-10-16/h11H,3-10H2,1-2H3,(H,14,19)(H,17,18). The normalized spacial score (nSPS) is 18.1. The van der Waals surface area contributed by atoms with Crippen LogP contribution in [0.15, 0.2) is 0 Å². The first-order valence-electron chi connectivity index (χ1n) is 7.09. The minimum atomic E-state index is -0.950. The van der Waals surface area contributed by atoms with Crippen molar-refractivity contribution < 1.29 is 14.7 Å². The van der Waals surface area contributed by atoms with Crippen molar-refractivity contribution in [1.29, 1.82) is 0 Å². The molecule has 1 heterocycles. The van der Waals surface area contributed by atoms with Gasteiger partial charge < -0.3 is 20.2 Å². The van der Waals surface area contributed by atoms with Gasteiger partial charge in [-0.3, -0.25) is 0 Å². The number of amides is 2. The topological polar surface area (TPSA) is 72.9 Å². The third kappa shape index (κ3) is 5.06. The molecule has 6 nitrogen and oxygen atoms in total. The van der Waals surface area contributed by atoms with Crippen molar-refractivity contribution in [2.45, 2.75) is 39.2 Å². The molecule has 1 atom stereocenters. The molecule has 0 aromatic heterocycles. The van der Waals surface area contributed by atoms with Crippen LogP contribution in [0.25, 0.3) is 0 Å². The molecule has 19 heavy (non-hydrogen) atoms. The number of likely N-dealkylation sites (N-methyl/N-ethyl adjacent to an activating group) is 1. The van der Waals surface area contributed by atoms with Crippen LogP contribution in [-0.2, 0) is 4.79 Å². The predicted molar refractivity (Wildman–Crippen MR) is 73.2 cm³/mol. The largest absolute Gasteiger partial charge is 0.480 e. The summed E-state index contributed by atoms with van der Waals surface area (Å²) in [6.07, 6.45) is 2.22. The Balaban J connectivity index is 2.42. The summed E-state index contributed by atoms with van der Waals surface area (Å²) in [6, 6.07) is -1.02. The monoisotopic (exact) mass is 271 g/mol. The number of carbonyl (C=O) groups is 2. The Morgan fingerprint density at radius 3 is 2.32 bits per heavy atom. The van der Waals surface area contributed by atoms with Crippen molar-refractivity contribution in [3.8, 4) is 0 Å². The van der Waals surface area contributed by atoms with Crippen molar-refractivity contribution in [1.82, 2.24) is 15.1 Å². The van der Waals surface area contributed by atoms with Crippen LogP contribution in [0.1, 0.15) is 33.1 Å². The summed E-state index contributed by atoms with van der Waals surface area (Å²) >= 11 is 0. The minimum Gasteiger partial charge on any atom is -0.480 e. The van der Waals surface area contributed by atoms with Crippen molar-refractivity contribution in [3.63, 3.8) is 0 Å². The first kappa shape index (κ1) is 15.8. The van der Waals surface area contributed by atoms with E-state index in [4.69, 9.17) is 5.11 Å². The van der Waals surface area contributed by atoms with Crippen LogP contribution in [0.2, 0.25) is 0 Å². The molecule has 0 aromatic carbocycles. The number of carboxylic acid groups (broad SMARTS) is 1. The zero-order valence-electron chi connectivity index (χ0n) is 11.9. The Bertz CT molecular complexity index is 302. The Morgan fingerprint density at radius 1 is 1.21 bits per heavy atom. The fraction of sp³-hybridized carbons (Fsp3) is 0.846. The minimum absolute atomic E-state index is 0.251. The molecule has 1 rings (SSSR count). The number of carbonyl (C=O) groups excluding carboxylic acids is 1. The van der Waals surface area contributed by atoms with Gasteiger partial charge in [-0.1, -0.05) is 26.7 Å². The van der Waals surface area contributed by atoms with Crippen LogP contribution in [0.4, 0.5) is 4.79 Å². The summed E-state index contributed by atoms with van der Waals surface area (Å²) < 4.78 is 0. The van der Waals surface area contributed by atoms with Crippen molar-refractivity contribution >= 4 is 12.0 Å². The lowest BCUT2D eigenvalue weighted by atomic mass is 10.1. The molecule has 1 aliphatic rings. The van der Waals surface area contributed by atoms with E-state index in [1.54, 1.807) is 4.90 Å². The van der Waals surface area contributed by atoms with Crippen LogP contribution < -0.4 is 5.32 Å². The molecule has 0 aliphatic carbocycles. The molecule has 110 valence electrons. The molecule has 0 aromatic rings. The average molecular weight is 271 g/mol. The fourth-order valence-electron chi connectivity index (χ4n) is 2.17. The van der Waals surface area contributed by atoms with Gasteiger partial charge in [0, 0.05) is 26.2 Å². The molecular formula is C13H25N3O3. The van der Waals surface area contributed by atoms with Crippen LogP contribution >= 0.6 is 0 Å². The number of nitrogens with zero attached hydrogens (tertiary/aromatic N) is 2. The highest BCUT2D eigenvalue weighted by molar-refractivity contribution is 5.82. The highest BCUT2D eigenvalue weighted by atomic mass is 16.4. The van der Waals surface area contributed by atoms with Crippen LogP contribution in [0.5, 0.6) is 0 Å². The van der Waals surface area contributed by atoms with E-state index in [2.05, 4.69) is 17.1 Å². The van der Waals surface area contributed by atoms with E-state index in [1.807, 2.05) is 6.92 Å². The van der Waals surface area contributed by atoms with Crippen molar-refractivity contribution in [3.05, 3.63) is 0 Å². The lowest BCUT2D eigenvalue weighted by Gasteiger charge is -2.34. The first-order valence-corrected chi connectivity index (χ1v) is 7.09. The molecule has 1 saturated heterocycles. The zero-order chi connectivity index (χ0) is 14.3. The second kappa shape index (κ2) is 7.99. The first-order chi connectivity index (χ1) is 9.08. The summed E-state index contributed by atoms with van der Waals surface area (Å²) in [6.45, 7) is 8.14. The van der Waals surface area contributed by atoms with E-state index in [9.17, 15) is 9.59 Å². The Kier molecular flexibility index (Phi) is 6.62. The van der Waals surface area contributed by atoms with Crippen molar-refractivity contribution in [2.24, 2.45) is 0 Å². The van der Waals surface area contributed by atoms with Gasteiger partial charge in [-0.15, -0.1) is 0 Å². The second-order valence-electron chi connectivity index (χ2n) is 4.90. The smallest absolute Gasteiger partial charge is 0.326 e. The van der Waals surface area contributed by atoms with Crippen LogP contribution in [-0.4, -0.2) is 65.7 Å². The Labute approximate surface area is 114 Å². The molecule has 0 saturated carbocycles. The number of rotatable bonds is 6. The quantitative estimate of drug-likeness (QED) is 0.755. The van der Waals surface area contributed by atoms with Gasteiger partial charge in [0.05, 0.1) is 0 Å². The van der Waals surface area contributed by atoms with Gasteiger partial charge >= 0.3 is 12.0 Å². The second-order valence-corrected chi connectivity index (χ2v) is 4.90. The molecular weight excluding hydrogens is 246 g/mol. The van der Waals surface area contributed by atoms with Gasteiger partial charge in [0.2, 0.25) is 0 Å². The number of unbranched alkanes of at least 4 members (excludes halogenated alkanes) is 1. The van der Waals surface area contributed by atoms with Gasteiger partial charge in [0.15, 0.2) is 0 Å². The van der Waals surface area contributed by atoms with Gasteiger partial charge in [0.25, 0.3) is 0 Å². The van der Waals surface area contributed by atoms with Crippen LogP contribution in [0.3, 0.4) is 0 Å². The third-order valence-corrected chi connectivity index (χ3v) is 3.55. The third-order valence-electron chi connectivity index (χ3n) is 3.55. The SMILES string of the molecule is CCCCC(NC(=O)N1CCN(CC)CC1)C(=O)O. The van der Waals surface area contributed by atoms with E-state index < -0.39 is 12.0 Å². The summed E-state index contributed by atoms with van der Waals surface area (Å²) in [5.74, 6) is -0.950. The molecule has 0 spiro atoms. The Hall–Kier alpha value is -1.30. The summed E-state index contributed by atoms with van der Waals surface area (Å²) in [7, 11) is 0. The summed E-state index contributed by atoms with van der Waals surface area (Å²) in [4.78, 5) is 27.1. The average Bonchev–Trinajstić information content (AvgIpc) is 2.43. The molecule has 1 aliphatic heterocycles. The lowest BCUT2D eigenvalue weighted by molar-refractivity contribution is -0.139. The molecule has 1 fully saturated rings. The fourth-order valence-corrected chi connectivity index (χ4v) is 2.17. The number of urea groups is 1. The number of hydrogen-bond donors (Lipinski definition) is 2. The summed E-state index contributed by atoms with van der Waals surface area (Å²) in [5, 5.41) is 11.7. The Morgan fingerprint density at radius 2 is 1.84 bits per heavy atom. The number of aliphatic carboxylic acids is 1. The molecule has 6 heteroatoms. The molecule has 1 unspecified atom stereocenters. The maximum absolute atomic E-state index is 12.0. The predicted octanol–water partition coefficient (Wildman–Crippen LogP) is 0.977. The molecule has 0 radical (unpaired) electrons. The zero-order valence-corrected chi connectivity index (χ0v) is 11.9. The van der Waals surface area contributed by atoms with E-state index in [1.165, 1.54) is 0 Å². The van der Waals surface area contributed by atoms with Gasteiger partial charge in [0.1, 0.15) is 6.04 Å². The molecule has 2 N–H and O–H groups in total. The van der Waals surface area contributed by atoms with Gasteiger partial charge in [-0.2, -0.15) is 0 Å². The molecule has 2 amide bonds. The summed E-state index contributed by atoms with van der Waals surface area (Å²) in [5.41, 5.74) is 0. The van der Waals surface area contributed by atoms with E-state index in [0.29, 0.717) is 19.5 Å². The number of carboxylic acids is 1. The molecule has 0 bridgehead atoms. The van der Waals surface area contributed by atoms with Crippen molar-refractivity contribution in [2.75, 3.05) is 32.7 Å². The maximum atomic E-state index is 12.0. The highest BCUT2D eigenvalue weighted by Crippen LogP contribution is 2.05. The van der Waals surface area contributed by atoms with Crippen LogP contribution in [0, 0.1) is 0 Å². The van der Waals surface area contributed by atoms with E-state index >= 15 is 0 Å². The lowest BCUT2D eigenvalue weighted by Crippen LogP contribution is -2.54. The van der Waals surface area contributed by atoms with Gasteiger partial charge in [-0.05, 0) is 13.0 Å².